The Morgan fingerprint density at radius 2 is 0.938 bits per heavy atom. The molecule has 0 radical (unpaired) electrons. The van der Waals surface area contributed by atoms with Gasteiger partial charge in [0.2, 0.25) is 0 Å². The van der Waals surface area contributed by atoms with Crippen LogP contribution >= 0.6 is 0 Å². The fourth-order valence-electron chi connectivity index (χ4n) is 0. The summed E-state index contributed by atoms with van der Waals surface area (Å²) >= 11 is 0. The van der Waals surface area contributed by atoms with Crippen molar-refractivity contribution in [2.24, 2.45) is 0 Å². The Bertz CT molecular complexity index is 225. The minimum atomic E-state index is -4.67. The SMILES string of the molecule is O=C(O)O.O=S(=O)(O)O.O[Si](O)(O)O.[AlH3].[CaH2]. The van der Waals surface area contributed by atoms with Gasteiger partial charge in [-0.05, 0) is 0 Å². The monoisotopic (exact) mass is 328 g/mol. The molecule has 0 saturated heterocycles. The summed E-state index contributed by atoms with van der Waals surface area (Å²) in [5.74, 6) is 0. The Balaban J connectivity index is -0.0000000358. The van der Waals surface area contributed by atoms with E-state index in [2.05, 4.69) is 0 Å². The molecule has 0 atom stereocenters. The Kier molecular flexibility index (Phi) is 26.5. The first-order valence-electron chi connectivity index (χ1n) is 2.24. The molecule has 0 unspecified atom stereocenters. The zero-order chi connectivity index (χ0) is 12.6. The predicted octanol–water partition coefficient (Wildman–Crippen LogP) is -5.14. The predicted molar refractivity (Wildman–Crippen MR) is 57.9 cm³/mol. The normalized spacial score (nSPS) is 8.88. The van der Waals surface area contributed by atoms with Gasteiger partial charge in [0.1, 0.15) is 0 Å². The summed E-state index contributed by atoms with van der Waals surface area (Å²) in [4.78, 5) is 37.9. The van der Waals surface area contributed by atoms with Gasteiger partial charge in [0.15, 0.2) is 17.4 Å². The van der Waals surface area contributed by atoms with Gasteiger partial charge in [-0.3, -0.25) is 9.11 Å². The van der Waals surface area contributed by atoms with E-state index in [-0.39, 0.29) is 55.1 Å². The summed E-state index contributed by atoms with van der Waals surface area (Å²) in [5.41, 5.74) is 0. The Morgan fingerprint density at radius 3 is 0.938 bits per heavy atom. The summed E-state index contributed by atoms with van der Waals surface area (Å²) in [5, 5.41) is 13.9. The van der Waals surface area contributed by atoms with E-state index in [0.717, 1.165) is 0 Å². The van der Waals surface area contributed by atoms with E-state index >= 15 is 0 Å². The van der Waals surface area contributed by atoms with Crippen LogP contribution in [0.2, 0.25) is 0 Å². The molecule has 0 saturated carbocycles. The van der Waals surface area contributed by atoms with Crippen molar-refractivity contribution in [2.75, 3.05) is 0 Å². The van der Waals surface area contributed by atoms with Crippen LogP contribution in [-0.2, 0) is 10.4 Å². The summed E-state index contributed by atoms with van der Waals surface area (Å²) < 4.78 is 31.6. The topological polar surface area (TPSA) is 213 Å². The third-order valence-corrected chi connectivity index (χ3v) is 0. The van der Waals surface area contributed by atoms with Crippen LogP contribution in [0.3, 0.4) is 0 Å². The van der Waals surface area contributed by atoms with Crippen LogP contribution < -0.4 is 0 Å². The van der Waals surface area contributed by atoms with E-state index in [4.69, 9.17) is 51.7 Å². The number of carboxylic acid groups (broad SMARTS) is 2. The maximum absolute atomic E-state index is 8.74. The van der Waals surface area contributed by atoms with Gasteiger partial charge in [0.05, 0.1) is 0 Å². The molecule has 0 aliphatic heterocycles. The third kappa shape index (κ3) is 3000. The molecule has 11 nitrogen and oxygen atoms in total. The molecule has 0 aliphatic rings. The summed E-state index contributed by atoms with van der Waals surface area (Å²) in [7, 11) is -9.28. The summed E-state index contributed by atoms with van der Waals surface area (Å²) in [6.45, 7) is 0. The van der Waals surface area contributed by atoms with E-state index in [0.29, 0.717) is 0 Å². The van der Waals surface area contributed by atoms with Gasteiger partial charge in [-0.2, -0.15) is 8.42 Å². The van der Waals surface area contributed by atoms with Gasteiger partial charge in [-0.1, -0.05) is 0 Å². The first kappa shape index (κ1) is 30.2. The molecule has 98 valence electrons. The van der Waals surface area contributed by atoms with Gasteiger partial charge in [0, 0.05) is 0 Å². The van der Waals surface area contributed by atoms with Crippen molar-refractivity contribution in [3.8, 4) is 0 Å². The first-order chi connectivity index (χ1) is 5.73. The van der Waals surface area contributed by atoms with Crippen molar-refractivity contribution in [2.45, 2.75) is 0 Å². The van der Waals surface area contributed by atoms with Gasteiger partial charge < -0.3 is 29.4 Å². The minimum absolute atomic E-state index is 0. The van der Waals surface area contributed by atoms with Crippen LogP contribution in [0.4, 0.5) is 4.79 Å². The molecule has 0 aromatic carbocycles. The number of hydrogen-bond acceptors (Lipinski definition) is 7. The summed E-state index contributed by atoms with van der Waals surface area (Å²) in [6.07, 6.45) is -1.83. The molecule has 8 N–H and O–H groups in total. The Morgan fingerprint density at radius 1 is 0.938 bits per heavy atom. The van der Waals surface area contributed by atoms with Crippen LogP contribution in [0, 0.1) is 0 Å². The molecule has 0 spiro atoms. The van der Waals surface area contributed by atoms with Crippen molar-refractivity contribution in [1.29, 1.82) is 0 Å². The molecule has 0 amide bonds. The molecule has 0 heterocycles. The average molecular weight is 328 g/mol. The zero-order valence-corrected chi connectivity index (χ0v) is 8.03. The Labute approximate surface area is 131 Å². The van der Waals surface area contributed by atoms with Crippen molar-refractivity contribution in [1.82, 2.24) is 0 Å². The molecule has 0 bridgehead atoms. The second-order valence-corrected chi connectivity index (χ2v) is 3.43. The van der Waals surface area contributed by atoms with Crippen molar-refractivity contribution in [3.05, 3.63) is 0 Å². The quantitative estimate of drug-likeness (QED) is 0.155. The number of carbonyl (C=O) groups is 1. The van der Waals surface area contributed by atoms with Crippen molar-refractivity contribution < 1.29 is 51.7 Å². The zero-order valence-electron chi connectivity index (χ0n) is 6.21. The number of hydrogen-bond donors (Lipinski definition) is 8. The second kappa shape index (κ2) is 14.1. The van der Waals surface area contributed by atoms with Gasteiger partial charge >= 0.3 is 63.3 Å². The fourth-order valence-corrected chi connectivity index (χ4v) is 0. The average Bonchev–Trinajstić information content (AvgIpc) is 1.45. The Hall–Kier alpha value is 0.989. The van der Waals surface area contributed by atoms with Gasteiger partial charge in [0.25, 0.3) is 0 Å². The number of rotatable bonds is 0. The van der Waals surface area contributed by atoms with E-state index in [1.807, 2.05) is 0 Å². The maximum atomic E-state index is 8.74. The van der Waals surface area contributed by atoms with E-state index in [1.54, 1.807) is 0 Å². The summed E-state index contributed by atoms with van der Waals surface area (Å²) in [6, 6.07) is 0. The molecular weight excluding hydrogens is 315 g/mol. The molecule has 15 heteroatoms. The van der Waals surface area contributed by atoms with Crippen LogP contribution in [0.5, 0.6) is 0 Å². The second-order valence-electron chi connectivity index (χ2n) is 1.33. The first-order valence-corrected chi connectivity index (χ1v) is 5.43. The molecule has 0 aromatic rings. The molecule has 0 fully saturated rings. The van der Waals surface area contributed by atoms with Gasteiger partial charge in [-0.15, -0.1) is 0 Å². The molecule has 0 aliphatic carbocycles. The standard InChI is InChI=1S/CH2O3.Al.Ca.H2O4S.H4O4Si.5H/c2-1(3)4;;;2*1-5(2,3)4;;;;;/h(H2,2,3,4);;;(H2,1,2,3,4);1-4H;;;;;. The van der Waals surface area contributed by atoms with Crippen molar-refractivity contribution in [3.63, 3.8) is 0 Å². The molecule has 0 aromatic heterocycles. The van der Waals surface area contributed by atoms with Gasteiger partial charge in [-0.25, -0.2) is 4.79 Å². The fraction of sp³-hybridized carbons (Fsp3) is 0. The molecular formula is CH13AlCaO11SSi. The van der Waals surface area contributed by atoms with Crippen LogP contribution in [-0.4, -0.2) is 117 Å². The van der Waals surface area contributed by atoms with E-state index < -0.39 is 25.6 Å². The van der Waals surface area contributed by atoms with Crippen LogP contribution in [0.1, 0.15) is 0 Å². The van der Waals surface area contributed by atoms with Crippen LogP contribution in [0.15, 0.2) is 0 Å². The van der Waals surface area contributed by atoms with E-state index in [9.17, 15) is 0 Å². The molecule has 0 rings (SSSR count). The third-order valence-electron chi connectivity index (χ3n) is 0. The van der Waals surface area contributed by atoms with E-state index in [1.165, 1.54) is 0 Å². The van der Waals surface area contributed by atoms with Crippen LogP contribution in [0.25, 0.3) is 0 Å². The molecule has 16 heavy (non-hydrogen) atoms. The van der Waals surface area contributed by atoms with Crippen molar-refractivity contribution >= 4 is 80.7 Å².